The lowest BCUT2D eigenvalue weighted by atomic mass is 9.99. The highest BCUT2D eigenvalue weighted by atomic mass is 19.1. The Morgan fingerprint density at radius 2 is 2.05 bits per heavy atom. The van der Waals surface area contributed by atoms with Crippen LogP contribution in [0, 0.1) is 0 Å². The average molecular weight is 307 g/mol. The molecule has 0 spiro atoms. The van der Waals surface area contributed by atoms with E-state index in [2.05, 4.69) is 0 Å². The molecule has 1 amide bonds. The summed E-state index contributed by atoms with van der Waals surface area (Å²) in [4.78, 5) is 24.8. The molecule has 0 saturated heterocycles. The Hall–Kier alpha value is -2.37. The topological polar surface area (TPSA) is 66.8 Å². The van der Waals surface area contributed by atoms with Crippen molar-refractivity contribution in [3.63, 3.8) is 0 Å². The van der Waals surface area contributed by atoms with Crippen LogP contribution in [0.1, 0.15) is 18.9 Å². The zero-order valence-electron chi connectivity index (χ0n) is 12.3. The number of ketones is 1. The third-order valence-corrected chi connectivity index (χ3v) is 3.59. The van der Waals surface area contributed by atoms with Gasteiger partial charge in [0.2, 0.25) is 0 Å². The van der Waals surface area contributed by atoms with E-state index in [9.17, 15) is 19.1 Å². The van der Waals surface area contributed by atoms with Crippen molar-refractivity contribution >= 4 is 11.9 Å². The Kier molecular flexibility index (Phi) is 5.14. The number of carbonyl (C=O) groups is 2. The van der Waals surface area contributed by atoms with Gasteiger partial charge in [0.15, 0.2) is 5.78 Å². The molecule has 22 heavy (non-hydrogen) atoms. The van der Waals surface area contributed by atoms with E-state index < -0.39 is 18.8 Å². The maximum absolute atomic E-state index is 13.1. The van der Waals surface area contributed by atoms with Crippen molar-refractivity contribution in [2.75, 3.05) is 13.2 Å². The van der Waals surface area contributed by atoms with Gasteiger partial charge in [-0.1, -0.05) is 30.3 Å². The number of aliphatic hydroxyl groups excluding tert-OH is 1. The molecule has 1 aromatic rings. The molecule has 0 aromatic heterocycles. The largest absolute Gasteiger partial charge is 0.512 e. The van der Waals surface area contributed by atoms with E-state index in [1.807, 2.05) is 30.3 Å². The van der Waals surface area contributed by atoms with Gasteiger partial charge >= 0.3 is 6.09 Å². The average Bonchev–Trinajstić information content (AvgIpc) is 2.52. The molecule has 1 aromatic carbocycles. The van der Waals surface area contributed by atoms with Crippen LogP contribution in [0.3, 0.4) is 0 Å². The molecule has 1 aliphatic rings. The lowest BCUT2D eigenvalue weighted by Gasteiger charge is -2.33. The standard InChI is InChI=1S/C16H18FNO4/c1-11(19)14-9-18(13(8-17)7-15(14)20)16(21)22-10-12-5-3-2-4-6-12/h2-6,13,20H,7-10H2,1H3. The Bertz CT molecular complexity index is 585. The van der Waals surface area contributed by atoms with Crippen LogP contribution in [0.25, 0.3) is 0 Å². The minimum Gasteiger partial charge on any atom is -0.512 e. The van der Waals surface area contributed by atoms with Crippen molar-refractivity contribution < 1.29 is 23.8 Å². The summed E-state index contributed by atoms with van der Waals surface area (Å²) in [7, 11) is 0. The van der Waals surface area contributed by atoms with E-state index in [1.54, 1.807) is 0 Å². The third-order valence-electron chi connectivity index (χ3n) is 3.59. The monoisotopic (exact) mass is 307 g/mol. The number of hydrogen-bond acceptors (Lipinski definition) is 4. The normalized spacial score (nSPS) is 18.3. The van der Waals surface area contributed by atoms with E-state index in [4.69, 9.17) is 4.74 Å². The predicted molar refractivity (Wildman–Crippen MR) is 78.0 cm³/mol. The van der Waals surface area contributed by atoms with Gasteiger partial charge in [-0.25, -0.2) is 9.18 Å². The lowest BCUT2D eigenvalue weighted by Crippen LogP contribution is -2.47. The number of aliphatic hydroxyl groups is 1. The number of Topliss-reactive ketones (excluding diaryl/α,β-unsaturated/α-hetero) is 1. The smallest absolute Gasteiger partial charge is 0.410 e. The van der Waals surface area contributed by atoms with Gasteiger partial charge in [-0.3, -0.25) is 9.69 Å². The minimum absolute atomic E-state index is 0.0697. The second-order valence-corrected chi connectivity index (χ2v) is 5.16. The molecule has 1 N–H and O–H groups in total. The van der Waals surface area contributed by atoms with Crippen molar-refractivity contribution in [2.45, 2.75) is 26.0 Å². The number of benzene rings is 1. The first-order chi connectivity index (χ1) is 10.5. The summed E-state index contributed by atoms with van der Waals surface area (Å²) in [6.07, 6.45) is -0.774. The lowest BCUT2D eigenvalue weighted by molar-refractivity contribution is -0.114. The SMILES string of the molecule is CC(=O)C1=C(O)CC(CF)N(C(=O)OCc2ccccc2)C1. The van der Waals surface area contributed by atoms with Crippen molar-refractivity contribution in [3.8, 4) is 0 Å². The van der Waals surface area contributed by atoms with Crippen molar-refractivity contribution in [2.24, 2.45) is 0 Å². The maximum atomic E-state index is 13.1. The van der Waals surface area contributed by atoms with Gasteiger partial charge in [0, 0.05) is 6.42 Å². The molecular formula is C16H18FNO4. The van der Waals surface area contributed by atoms with Crippen molar-refractivity contribution in [1.82, 2.24) is 4.90 Å². The van der Waals surface area contributed by atoms with Crippen LogP contribution in [-0.4, -0.2) is 41.1 Å². The first kappa shape index (κ1) is 16.0. The quantitative estimate of drug-likeness (QED) is 0.929. The predicted octanol–water partition coefficient (Wildman–Crippen LogP) is 2.77. The fraction of sp³-hybridized carbons (Fsp3) is 0.375. The Balaban J connectivity index is 2.05. The molecule has 2 rings (SSSR count). The Labute approximate surface area is 128 Å². The van der Waals surface area contributed by atoms with E-state index in [0.717, 1.165) is 10.5 Å². The number of amides is 1. The van der Waals surface area contributed by atoms with Crippen LogP contribution < -0.4 is 0 Å². The van der Waals surface area contributed by atoms with Crippen molar-refractivity contribution in [1.29, 1.82) is 0 Å². The summed E-state index contributed by atoms with van der Waals surface area (Å²) in [5.41, 5.74) is 0.941. The molecule has 1 unspecified atom stereocenters. The summed E-state index contributed by atoms with van der Waals surface area (Å²) in [6.45, 7) is 0.425. The zero-order valence-corrected chi connectivity index (χ0v) is 12.3. The number of halogens is 1. The first-order valence-corrected chi connectivity index (χ1v) is 6.98. The van der Waals surface area contributed by atoms with Crippen LogP contribution >= 0.6 is 0 Å². The van der Waals surface area contributed by atoms with E-state index >= 15 is 0 Å². The Morgan fingerprint density at radius 1 is 1.36 bits per heavy atom. The van der Waals surface area contributed by atoms with Gasteiger partial charge in [-0.2, -0.15) is 0 Å². The van der Waals surface area contributed by atoms with Gasteiger partial charge in [-0.15, -0.1) is 0 Å². The van der Waals surface area contributed by atoms with E-state index in [1.165, 1.54) is 6.92 Å². The fourth-order valence-electron chi connectivity index (χ4n) is 2.32. The molecular weight excluding hydrogens is 289 g/mol. The second-order valence-electron chi connectivity index (χ2n) is 5.16. The number of carbonyl (C=O) groups excluding carboxylic acids is 2. The maximum Gasteiger partial charge on any atom is 0.410 e. The number of nitrogens with zero attached hydrogens (tertiary/aromatic N) is 1. The molecule has 0 aliphatic carbocycles. The van der Waals surface area contributed by atoms with Crippen LogP contribution in [-0.2, 0) is 16.1 Å². The second kappa shape index (κ2) is 7.06. The molecule has 0 bridgehead atoms. The molecule has 0 saturated carbocycles. The third kappa shape index (κ3) is 3.63. The van der Waals surface area contributed by atoms with Crippen LogP contribution in [0.4, 0.5) is 9.18 Å². The zero-order chi connectivity index (χ0) is 16.1. The van der Waals surface area contributed by atoms with Crippen LogP contribution in [0.2, 0.25) is 0 Å². The van der Waals surface area contributed by atoms with Gasteiger partial charge in [-0.05, 0) is 12.5 Å². The summed E-state index contributed by atoms with van der Waals surface area (Å²) < 4.78 is 18.3. The summed E-state index contributed by atoms with van der Waals surface area (Å²) >= 11 is 0. The van der Waals surface area contributed by atoms with Gasteiger partial charge in [0.25, 0.3) is 0 Å². The van der Waals surface area contributed by atoms with Gasteiger partial charge < -0.3 is 9.84 Å². The fourth-order valence-corrected chi connectivity index (χ4v) is 2.32. The van der Waals surface area contributed by atoms with Crippen molar-refractivity contribution in [3.05, 3.63) is 47.2 Å². The van der Waals surface area contributed by atoms with E-state index in [0.29, 0.717) is 0 Å². The van der Waals surface area contributed by atoms with Gasteiger partial charge in [0.1, 0.15) is 19.0 Å². The molecule has 1 aliphatic heterocycles. The molecule has 1 heterocycles. The van der Waals surface area contributed by atoms with Crippen LogP contribution in [0.15, 0.2) is 41.7 Å². The van der Waals surface area contributed by atoms with Gasteiger partial charge in [0.05, 0.1) is 18.2 Å². The number of hydrogen-bond donors (Lipinski definition) is 1. The molecule has 0 radical (unpaired) electrons. The van der Waals surface area contributed by atoms with E-state index in [-0.39, 0.29) is 36.7 Å². The highest BCUT2D eigenvalue weighted by Crippen LogP contribution is 2.23. The van der Waals surface area contributed by atoms with Crippen LogP contribution in [0.5, 0.6) is 0 Å². The highest BCUT2D eigenvalue weighted by molar-refractivity contribution is 5.95. The minimum atomic E-state index is -0.814. The molecule has 118 valence electrons. The summed E-state index contributed by atoms with van der Waals surface area (Å²) in [6, 6.07) is 8.30. The first-order valence-electron chi connectivity index (χ1n) is 6.98. The summed E-state index contributed by atoms with van der Waals surface area (Å²) in [5, 5.41) is 9.76. The number of rotatable bonds is 4. The summed E-state index contributed by atoms with van der Waals surface area (Å²) in [5.74, 6) is -0.488. The number of alkyl halides is 1. The Morgan fingerprint density at radius 3 is 2.64 bits per heavy atom. The molecule has 0 fully saturated rings. The number of ether oxygens (including phenoxy) is 1. The molecule has 5 nitrogen and oxygen atoms in total. The molecule has 6 heteroatoms. The molecule has 1 atom stereocenters. The highest BCUT2D eigenvalue weighted by Gasteiger charge is 2.33.